The Kier molecular flexibility index (Phi) is 4.58. The van der Waals surface area contributed by atoms with E-state index in [9.17, 15) is 9.90 Å². The highest BCUT2D eigenvalue weighted by Gasteiger charge is 2.18. The van der Waals surface area contributed by atoms with E-state index in [1.54, 1.807) is 20.0 Å². The molecule has 2 aromatic carbocycles. The van der Waals surface area contributed by atoms with Gasteiger partial charge in [-0.3, -0.25) is 0 Å². The maximum absolute atomic E-state index is 11.3. The second kappa shape index (κ2) is 7.20. The molecule has 2 aromatic heterocycles. The summed E-state index contributed by atoms with van der Waals surface area (Å²) in [6.07, 6.45) is 0. The number of para-hydroxylation sites is 1. The molecule has 1 N–H and O–H groups in total. The standard InChI is InChI=1S/C19H15N5O3S/c1-11-16(19(25)26)28-18(20-11)12-8-9-15(27-13-6-4-3-5-7-13)14(10-12)17-21-23-24(2)22-17/h3-10H,1-2H3,(H,25,26). The molecule has 0 aliphatic rings. The first-order valence-electron chi connectivity index (χ1n) is 8.33. The van der Waals surface area contributed by atoms with E-state index in [-0.39, 0.29) is 4.88 Å². The SMILES string of the molecule is Cc1nc(-c2ccc(Oc3ccccc3)c(-c3nnn(C)n3)c2)sc1C(=O)O. The Morgan fingerprint density at radius 1 is 1.18 bits per heavy atom. The fourth-order valence-corrected chi connectivity index (χ4v) is 3.55. The van der Waals surface area contributed by atoms with Gasteiger partial charge in [0.25, 0.3) is 0 Å². The Hall–Kier alpha value is -3.59. The fraction of sp³-hybridized carbons (Fsp3) is 0.105. The van der Waals surface area contributed by atoms with E-state index in [1.165, 1.54) is 4.80 Å². The van der Waals surface area contributed by atoms with E-state index >= 15 is 0 Å². The zero-order chi connectivity index (χ0) is 19.7. The molecule has 0 fully saturated rings. The van der Waals surface area contributed by atoms with Crippen LogP contribution in [0.1, 0.15) is 15.4 Å². The van der Waals surface area contributed by atoms with Gasteiger partial charge in [0.05, 0.1) is 18.3 Å². The summed E-state index contributed by atoms with van der Waals surface area (Å²) in [7, 11) is 1.68. The van der Waals surface area contributed by atoms with Gasteiger partial charge in [-0.25, -0.2) is 9.78 Å². The number of hydrogen-bond donors (Lipinski definition) is 1. The molecule has 0 amide bonds. The average molecular weight is 393 g/mol. The molecule has 4 rings (SSSR count). The highest BCUT2D eigenvalue weighted by molar-refractivity contribution is 7.17. The molecule has 0 radical (unpaired) electrons. The molecule has 0 aliphatic heterocycles. The summed E-state index contributed by atoms with van der Waals surface area (Å²) in [5.41, 5.74) is 1.87. The molecule has 0 bridgehead atoms. The number of carboxylic acids is 1. The first-order chi connectivity index (χ1) is 13.5. The van der Waals surface area contributed by atoms with Crippen molar-refractivity contribution in [1.29, 1.82) is 0 Å². The number of carboxylic acid groups (broad SMARTS) is 1. The van der Waals surface area contributed by atoms with Crippen LogP contribution in [0.25, 0.3) is 22.0 Å². The highest BCUT2D eigenvalue weighted by Crippen LogP contribution is 2.36. The van der Waals surface area contributed by atoms with Crippen molar-refractivity contribution in [2.75, 3.05) is 0 Å². The second-order valence-corrected chi connectivity index (χ2v) is 6.97. The second-order valence-electron chi connectivity index (χ2n) is 5.97. The lowest BCUT2D eigenvalue weighted by Gasteiger charge is -2.10. The molecule has 0 aliphatic carbocycles. The molecule has 0 saturated carbocycles. The van der Waals surface area contributed by atoms with Gasteiger partial charge in [-0.2, -0.15) is 4.80 Å². The van der Waals surface area contributed by atoms with Crippen molar-refractivity contribution in [1.82, 2.24) is 25.2 Å². The van der Waals surface area contributed by atoms with Gasteiger partial charge in [0.1, 0.15) is 21.4 Å². The summed E-state index contributed by atoms with van der Waals surface area (Å²) < 4.78 is 6.00. The summed E-state index contributed by atoms with van der Waals surface area (Å²) in [5.74, 6) is 0.663. The van der Waals surface area contributed by atoms with Crippen LogP contribution in [0.4, 0.5) is 0 Å². The summed E-state index contributed by atoms with van der Waals surface area (Å²) in [5, 5.41) is 22.1. The van der Waals surface area contributed by atoms with Gasteiger partial charge in [-0.15, -0.1) is 21.5 Å². The Labute approximate surface area is 164 Å². The molecule has 0 atom stereocenters. The number of tetrazole rings is 1. The minimum Gasteiger partial charge on any atom is -0.477 e. The monoisotopic (exact) mass is 393 g/mol. The van der Waals surface area contributed by atoms with E-state index in [0.717, 1.165) is 16.9 Å². The van der Waals surface area contributed by atoms with Crippen molar-refractivity contribution in [3.8, 4) is 33.5 Å². The van der Waals surface area contributed by atoms with E-state index in [1.807, 2.05) is 42.5 Å². The minimum atomic E-state index is -0.985. The molecular formula is C19H15N5O3S. The van der Waals surface area contributed by atoms with Crippen molar-refractivity contribution < 1.29 is 14.6 Å². The summed E-state index contributed by atoms with van der Waals surface area (Å²) in [6.45, 7) is 1.68. The fourth-order valence-electron chi connectivity index (χ4n) is 2.65. The number of thiazole rings is 1. The van der Waals surface area contributed by atoms with Crippen LogP contribution in [0.5, 0.6) is 11.5 Å². The van der Waals surface area contributed by atoms with Crippen LogP contribution in [-0.4, -0.2) is 36.3 Å². The summed E-state index contributed by atoms with van der Waals surface area (Å²) in [6, 6.07) is 14.8. The van der Waals surface area contributed by atoms with Crippen molar-refractivity contribution >= 4 is 17.3 Å². The van der Waals surface area contributed by atoms with Crippen LogP contribution in [0, 0.1) is 6.92 Å². The van der Waals surface area contributed by atoms with Crippen molar-refractivity contribution in [3.63, 3.8) is 0 Å². The highest BCUT2D eigenvalue weighted by atomic mass is 32.1. The number of ether oxygens (including phenoxy) is 1. The molecule has 0 unspecified atom stereocenters. The van der Waals surface area contributed by atoms with Crippen molar-refractivity contribution in [2.45, 2.75) is 6.92 Å². The number of aromatic carboxylic acids is 1. The van der Waals surface area contributed by atoms with Gasteiger partial charge >= 0.3 is 5.97 Å². The van der Waals surface area contributed by atoms with Crippen LogP contribution < -0.4 is 4.74 Å². The maximum Gasteiger partial charge on any atom is 0.347 e. The Balaban J connectivity index is 1.80. The predicted octanol–water partition coefficient (Wildman–Crippen LogP) is 3.80. The number of aryl methyl sites for hydroxylation is 2. The van der Waals surface area contributed by atoms with Crippen molar-refractivity contribution in [2.24, 2.45) is 7.05 Å². The molecule has 0 spiro atoms. The van der Waals surface area contributed by atoms with Crippen LogP contribution in [-0.2, 0) is 7.05 Å². The smallest absolute Gasteiger partial charge is 0.347 e. The van der Waals surface area contributed by atoms with Crippen LogP contribution in [0.15, 0.2) is 48.5 Å². The molecule has 140 valence electrons. The molecular weight excluding hydrogens is 378 g/mol. The van der Waals surface area contributed by atoms with Gasteiger partial charge in [-0.1, -0.05) is 18.2 Å². The number of benzene rings is 2. The quantitative estimate of drug-likeness (QED) is 0.550. The van der Waals surface area contributed by atoms with Crippen LogP contribution in [0.3, 0.4) is 0 Å². The van der Waals surface area contributed by atoms with Gasteiger partial charge in [0, 0.05) is 5.56 Å². The molecule has 2 heterocycles. The minimum absolute atomic E-state index is 0.221. The van der Waals surface area contributed by atoms with Gasteiger partial charge in [-0.05, 0) is 42.5 Å². The third-order valence-corrected chi connectivity index (χ3v) is 5.13. The Morgan fingerprint density at radius 3 is 2.61 bits per heavy atom. The van der Waals surface area contributed by atoms with Gasteiger partial charge in [0.15, 0.2) is 0 Å². The zero-order valence-electron chi connectivity index (χ0n) is 15.0. The summed E-state index contributed by atoms with van der Waals surface area (Å²) >= 11 is 1.13. The van der Waals surface area contributed by atoms with E-state index in [0.29, 0.717) is 33.6 Å². The van der Waals surface area contributed by atoms with Gasteiger partial charge < -0.3 is 9.84 Å². The number of hydrogen-bond acceptors (Lipinski definition) is 7. The van der Waals surface area contributed by atoms with Crippen molar-refractivity contribution in [3.05, 3.63) is 59.1 Å². The lowest BCUT2D eigenvalue weighted by Crippen LogP contribution is -1.94. The summed E-state index contributed by atoms with van der Waals surface area (Å²) in [4.78, 5) is 17.3. The number of carbonyl (C=O) groups is 1. The largest absolute Gasteiger partial charge is 0.477 e. The number of rotatable bonds is 5. The normalized spacial score (nSPS) is 10.8. The van der Waals surface area contributed by atoms with Crippen LogP contribution >= 0.6 is 11.3 Å². The zero-order valence-corrected chi connectivity index (χ0v) is 15.8. The van der Waals surface area contributed by atoms with E-state index in [2.05, 4.69) is 20.4 Å². The average Bonchev–Trinajstić information content (AvgIpc) is 3.29. The first kappa shape index (κ1) is 17.8. The predicted molar refractivity (Wildman–Crippen MR) is 104 cm³/mol. The lowest BCUT2D eigenvalue weighted by molar-refractivity contribution is 0.0701. The first-order valence-corrected chi connectivity index (χ1v) is 9.15. The topological polar surface area (TPSA) is 103 Å². The maximum atomic E-state index is 11.3. The van der Waals surface area contributed by atoms with Gasteiger partial charge in [0.2, 0.25) is 5.82 Å². The van der Waals surface area contributed by atoms with E-state index < -0.39 is 5.97 Å². The lowest BCUT2D eigenvalue weighted by atomic mass is 10.1. The third-order valence-electron chi connectivity index (χ3n) is 3.94. The molecule has 8 nitrogen and oxygen atoms in total. The van der Waals surface area contributed by atoms with E-state index in [4.69, 9.17) is 4.74 Å². The Morgan fingerprint density at radius 2 is 1.96 bits per heavy atom. The third kappa shape index (κ3) is 3.47. The van der Waals surface area contributed by atoms with Crippen LogP contribution in [0.2, 0.25) is 0 Å². The Bertz CT molecular complexity index is 1150. The molecule has 0 saturated heterocycles. The molecule has 28 heavy (non-hydrogen) atoms. The molecule has 9 heteroatoms. The number of nitrogens with zero attached hydrogens (tertiary/aromatic N) is 5. The number of aromatic nitrogens is 5. The molecule has 4 aromatic rings.